The molecule has 1 saturated carbocycles. The normalized spacial score (nSPS) is 20.0. The highest BCUT2D eigenvalue weighted by atomic mass is 16.2. The molecule has 3 rings (SSSR count). The van der Waals surface area contributed by atoms with Crippen molar-refractivity contribution in [3.05, 3.63) is 30.3 Å². The van der Waals surface area contributed by atoms with Crippen LogP contribution in [0.25, 0.3) is 0 Å². The number of anilines is 1. The molecule has 1 heterocycles. The number of rotatable bonds is 4. The molecule has 1 fully saturated rings. The number of carbonyl (C=O) groups excluding carboxylic acids is 2. The van der Waals surface area contributed by atoms with Crippen molar-refractivity contribution in [3.63, 3.8) is 0 Å². The minimum Gasteiger partial charge on any atom is -0.348 e. The molecule has 0 radical (unpaired) electrons. The number of benzene rings is 1. The smallest absolute Gasteiger partial charge is 0.267 e. The van der Waals surface area contributed by atoms with Crippen LogP contribution in [0, 0.1) is 5.92 Å². The summed E-state index contributed by atoms with van der Waals surface area (Å²) in [5.74, 6) is 0.376. The van der Waals surface area contributed by atoms with E-state index in [9.17, 15) is 9.59 Å². The van der Waals surface area contributed by atoms with Gasteiger partial charge < -0.3 is 5.32 Å². The number of hydrogen-bond acceptors (Lipinski definition) is 3. The van der Waals surface area contributed by atoms with E-state index < -0.39 is 0 Å². The molecule has 1 N–H and O–H groups in total. The van der Waals surface area contributed by atoms with E-state index in [-0.39, 0.29) is 17.9 Å². The molecule has 110 valence electrons. The molecule has 1 aromatic carbocycles. The van der Waals surface area contributed by atoms with Gasteiger partial charge in [-0.3, -0.25) is 9.59 Å². The maximum atomic E-state index is 12.2. The van der Waals surface area contributed by atoms with E-state index in [2.05, 4.69) is 10.4 Å². The second kappa shape index (κ2) is 5.68. The fourth-order valence-corrected chi connectivity index (χ4v) is 2.49. The van der Waals surface area contributed by atoms with Gasteiger partial charge in [0.25, 0.3) is 5.91 Å². The summed E-state index contributed by atoms with van der Waals surface area (Å²) in [6.45, 7) is 2.03. The van der Waals surface area contributed by atoms with Crippen LogP contribution in [0.15, 0.2) is 35.4 Å². The van der Waals surface area contributed by atoms with Crippen molar-refractivity contribution in [1.82, 2.24) is 5.32 Å². The third-order valence-electron chi connectivity index (χ3n) is 3.98. The van der Waals surface area contributed by atoms with Gasteiger partial charge in [0.05, 0.1) is 5.69 Å². The van der Waals surface area contributed by atoms with E-state index in [1.165, 1.54) is 17.9 Å². The molecule has 0 aromatic heterocycles. The van der Waals surface area contributed by atoms with Crippen molar-refractivity contribution in [1.29, 1.82) is 0 Å². The van der Waals surface area contributed by atoms with E-state index in [1.54, 1.807) is 0 Å². The Morgan fingerprint density at radius 3 is 2.67 bits per heavy atom. The molecule has 0 saturated heterocycles. The van der Waals surface area contributed by atoms with Crippen LogP contribution in [-0.4, -0.2) is 23.6 Å². The fraction of sp³-hybridized carbons (Fsp3) is 0.438. The number of amides is 2. The monoisotopic (exact) mass is 285 g/mol. The molecule has 2 aliphatic rings. The molecule has 1 atom stereocenters. The number of nitrogens with zero attached hydrogens (tertiary/aromatic N) is 2. The third kappa shape index (κ3) is 3.12. The Morgan fingerprint density at radius 1 is 1.29 bits per heavy atom. The summed E-state index contributed by atoms with van der Waals surface area (Å²) in [4.78, 5) is 24.2. The first-order valence-electron chi connectivity index (χ1n) is 7.41. The minimum atomic E-state index is -0.150. The van der Waals surface area contributed by atoms with Gasteiger partial charge in [0, 0.05) is 18.9 Å². The number of para-hydroxylation sites is 1. The summed E-state index contributed by atoms with van der Waals surface area (Å²) in [5, 5.41) is 8.58. The Balaban J connectivity index is 1.75. The lowest BCUT2D eigenvalue weighted by Gasteiger charge is -2.23. The summed E-state index contributed by atoms with van der Waals surface area (Å²) in [6.07, 6.45) is 3.09. The van der Waals surface area contributed by atoms with Gasteiger partial charge in [0.1, 0.15) is 5.71 Å². The predicted octanol–water partition coefficient (Wildman–Crippen LogP) is 2.08. The fourth-order valence-electron chi connectivity index (χ4n) is 2.49. The third-order valence-corrected chi connectivity index (χ3v) is 3.98. The summed E-state index contributed by atoms with van der Waals surface area (Å²) in [7, 11) is 0. The summed E-state index contributed by atoms with van der Waals surface area (Å²) in [5.41, 5.74) is 1.13. The van der Waals surface area contributed by atoms with Gasteiger partial charge in [0.15, 0.2) is 0 Å². The van der Waals surface area contributed by atoms with E-state index in [0.29, 0.717) is 30.2 Å². The maximum absolute atomic E-state index is 12.2. The van der Waals surface area contributed by atoms with Gasteiger partial charge in [-0.2, -0.15) is 5.10 Å². The van der Waals surface area contributed by atoms with Gasteiger partial charge in [-0.15, -0.1) is 0 Å². The van der Waals surface area contributed by atoms with E-state index in [4.69, 9.17) is 0 Å². The Morgan fingerprint density at radius 2 is 2.00 bits per heavy atom. The largest absolute Gasteiger partial charge is 0.348 e. The Labute approximate surface area is 124 Å². The average Bonchev–Trinajstić information content (AvgIpc) is 3.33. The van der Waals surface area contributed by atoms with E-state index in [0.717, 1.165) is 0 Å². The van der Waals surface area contributed by atoms with Gasteiger partial charge in [-0.05, 0) is 37.8 Å². The molecule has 0 bridgehead atoms. The second-order valence-corrected chi connectivity index (χ2v) is 5.69. The second-order valence-electron chi connectivity index (χ2n) is 5.69. The molecule has 1 aliphatic carbocycles. The maximum Gasteiger partial charge on any atom is 0.267 e. The lowest BCUT2D eigenvalue weighted by Crippen LogP contribution is -2.42. The van der Waals surface area contributed by atoms with Crippen molar-refractivity contribution in [3.8, 4) is 0 Å². The lowest BCUT2D eigenvalue weighted by atomic mass is 10.1. The molecule has 1 aliphatic heterocycles. The van der Waals surface area contributed by atoms with Gasteiger partial charge in [-0.1, -0.05) is 18.2 Å². The van der Waals surface area contributed by atoms with Crippen LogP contribution in [0.2, 0.25) is 0 Å². The van der Waals surface area contributed by atoms with Crippen LogP contribution in [0.1, 0.15) is 32.6 Å². The Hall–Kier alpha value is -2.17. The molecule has 2 amide bonds. The zero-order chi connectivity index (χ0) is 14.8. The van der Waals surface area contributed by atoms with Crippen molar-refractivity contribution in [2.75, 3.05) is 5.01 Å². The predicted molar refractivity (Wildman–Crippen MR) is 80.9 cm³/mol. The van der Waals surface area contributed by atoms with Crippen molar-refractivity contribution in [2.24, 2.45) is 11.0 Å². The first kappa shape index (κ1) is 13.8. The molecule has 5 nitrogen and oxygen atoms in total. The molecule has 5 heteroatoms. The zero-order valence-corrected chi connectivity index (χ0v) is 12.1. The number of nitrogens with one attached hydrogen (secondary N) is 1. The SMILES string of the molecule is C[C@H](NC(=O)C1=NN(c2ccccc2)C(=O)CC1)C1CC1. The minimum absolute atomic E-state index is 0.0759. The average molecular weight is 285 g/mol. The van der Waals surface area contributed by atoms with Gasteiger partial charge in [0.2, 0.25) is 5.91 Å². The highest BCUT2D eigenvalue weighted by Crippen LogP contribution is 2.32. The lowest BCUT2D eigenvalue weighted by molar-refractivity contribution is -0.119. The molecule has 0 unspecified atom stereocenters. The summed E-state index contributed by atoms with van der Waals surface area (Å²) < 4.78 is 0. The van der Waals surface area contributed by atoms with Crippen LogP contribution in [-0.2, 0) is 9.59 Å². The Kier molecular flexibility index (Phi) is 3.73. The highest BCUT2D eigenvalue weighted by Gasteiger charge is 2.31. The standard InChI is InChI=1S/C16H19N3O2/c1-11(12-7-8-12)17-16(21)14-9-10-15(20)19(18-14)13-5-3-2-4-6-13/h2-6,11-12H,7-10H2,1H3,(H,17,21)/t11-/m0/s1. The van der Waals surface area contributed by atoms with Crippen molar-refractivity contribution in [2.45, 2.75) is 38.6 Å². The zero-order valence-electron chi connectivity index (χ0n) is 12.1. The van der Waals surface area contributed by atoms with Crippen LogP contribution in [0.3, 0.4) is 0 Å². The van der Waals surface area contributed by atoms with Crippen LogP contribution in [0.5, 0.6) is 0 Å². The highest BCUT2D eigenvalue weighted by molar-refractivity contribution is 6.40. The van der Waals surface area contributed by atoms with Crippen molar-refractivity contribution < 1.29 is 9.59 Å². The first-order valence-corrected chi connectivity index (χ1v) is 7.41. The number of hydrogen-bond donors (Lipinski definition) is 1. The summed E-state index contributed by atoms with van der Waals surface area (Å²) >= 11 is 0. The first-order chi connectivity index (χ1) is 10.1. The van der Waals surface area contributed by atoms with Crippen LogP contribution in [0.4, 0.5) is 5.69 Å². The molecular weight excluding hydrogens is 266 g/mol. The van der Waals surface area contributed by atoms with E-state index >= 15 is 0 Å². The summed E-state index contributed by atoms with van der Waals surface area (Å²) in [6, 6.07) is 9.39. The molecular formula is C16H19N3O2. The quantitative estimate of drug-likeness (QED) is 0.920. The number of carbonyl (C=O) groups is 2. The van der Waals surface area contributed by atoms with Crippen LogP contribution < -0.4 is 10.3 Å². The Bertz CT molecular complexity index is 578. The molecule has 0 spiro atoms. The van der Waals surface area contributed by atoms with E-state index in [1.807, 2.05) is 37.3 Å². The van der Waals surface area contributed by atoms with Crippen LogP contribution >= 0.6 is 0 Å². The molecule has 1 aromatic rings. The van der Waals surface area contributed by atoms with Crippen molar-refractivity contribution >= 4 is 23.2 Å². The topological polar surface area (TPSA) is 61.8 Å². The van der Waals surface area contributed by atoms with Gasteiger partial charge >= 0.3 is 0 Å². The molecule has 21 heavy (non-hydrogen) atoms. The van der Waals surface area contributed by atoms with Gasteiger partial charge in [-0.25, -0.2) is 5.01 Å². The number of hydrazone groups is 1.